The fourth-order valence-electron chi connectivity index (χ4n) is 5.66. The van der Waals surface area contributed by atoms with Crippen LogP contribution >= 0.6 is 12.4 Å². The quantitative estimate of drug-likeness (QED) is 0.472. The molecule has 3 aromatic rings. The van der Waals surface area contributed by atoms with Gasteiger partial charge in [0.1, 0.15) is 5.60 Å². The third-order valence-corrected chi connectivity index (χ3v) is 7.54. The second-order valence-corrected chi connectivity index (χ2v) is 9.78. The summed E-state index contributed by atoms with van der Waals surface area (Å²) in [5.41, 5.74) is 1.97. The van der Waals surface area contributed by atoms with Crippen LogP contribution in [0.3, 0.4) is 0 Å². The number of carbonyl (C=O) groups is 1. The number of aliphatic hydroxyl groups is 2. The van der Waals surface area contributed by atoms with Gasteiger partial charge in [-0.15, -0.1) is 12.4 Å². The fourth-order valence-corrected chi connectivity index (χ4v) is 5.66. The molecule has 8 heteroatoms. The summed E-state index contributed by atoms with van der Waals surface area (Å²) in [5, 5.41) is 24.8. The number of aromatic nitrogens is 2. The minimum atomic E-state index is -1.23. The second-order valence-electron chi connectivity index (χ2n) is 9.78. The molecule has 0 bridgehead atoms. The third kappa shape index (κ3) is 5.20. The Kier molecular flexibility index (Phi) is 8.46. The summed E-state index contributed by atoms with van der Waals surface area (Å²) in [5.74, 6) is -0.0895. The van der Waals surface area contributed by atoms with Crippen molar-refractivity contribution >= 4 is 18.3 Å². The van der Waals surface area contributed by atoms with Crippen LogP contribution in [-0.2, 0) is 6.42 Å². The van der Waals surface area contributed by atoms with Crippen molar-refractivity contribution in [2.45, 2.75) is 49.8 Å². The van der Waals surface area contributed by atoms with E-state index in [4.69, 9.17) is 0 Å². The van der Waals surface area contributed by atoms with Crippen LogP contribution in [0.2, 0.25) is 0 Å². The fraction of sp³-hybridized carbons (Fsp3) is 0.429. The molecule has 36 heavy (non-hydrogen) atoms. The second kappa shape index (κ2) is 11.6. The zero-order chi connectivity index (χ0) is 24.3. The molecule has 0 radical (unpaired) electrons. The number of nitrogens with one attached hydrogen (secondary N) is 1. The molecule has 1 aromatic heterocycles. The third-order valence-electron chi connectivity index (χ3n) is 7.54. The van der Waals surface area contributed by atoms with Gasteiger partial charge in [-0.25, -0.2) is 4.98 Å². The van der Waals surface area contributed by atoms with Gasteiger partial charge in [0.05, 0.1) is 24.7 Å². The van der Waals surface area contributed by atoms with Crippen molar-refractivity contribution in [1.29, 1.82) is 0 Å². The predicted octanol–water partition coefficient (Wildman–Crippen LogP) is 3.47. The first-order chi connectivity index (χ1) is 17.1. The van der Waals surface area contributed by atoms with Crippen LogP contribution < -0.4 is 5.32 Å². The molecule has 1 saturated heterocycles. The smallest absolute Gasteiger partial charge is 0.275 e. The van der Waals surface area contributed by atoms with Gasteiger partial charge in [-0.2, -0.15) is 0 Å². The Balaban J connectivity index is 0.00000304. The highest BCUT2D eigenvalue weighted by molar-refractivity contribution is 5.98. The molecule has 3 atom stereocenters. The molecule has 2 aliphatic rings. The molecule has 3 N–H and O–H groups in total. The number of hydrogen-bond acceptors (Lipinski definition) is 5. The molecule has 2 fully saturated rings. The lowest BCUT2D eigenvalue weighted by Crippen LogP contribution is -2.54. The number of carbonyl (C=O) groups excluding carboxylic acids is 1. The maximum absolute atomic E-state index is 14.0. The first kappa shape index (κ1) is 26.4. The van der Waals surface area contributed by atoms with E-state index in [1.807, 2.05) is 58.0 Å². The van der Waals surface area contributed by atoms with Crippen LogP contribution in [-0.4, -0.2) is 68.5 Å². The summed E-state index contributed by atoms with van der Waals surface area (Å²) in [4.78, 5) is 20.6. The minimum absolute atomic E-state index is 0. The molecule has 7 nitrogen and oxygen atoms in total. The van der Waals surface area contributed by atoms with Crippen molar-refractivity contribution in [3.05, 3.63) is 78.2 Å². The van der Waals surface area contributed by atoms with E-state index in [0.29, 0.717) is 24.4 Å². The van der Waals surface area contributed by atoms with Crippen LogP contribution in [0.15, 0.2) is 67.0 Å². The van der Waals surface area contributed by atoms with Gasteiger partial charge in [0, 0.05) is 31.2 Å². The Morgan fingerprint density at radius 3 is 2.53 bits per heavy atom. The van der Waals surface area contributed by atoms with Crippen molar-refractivity contribution in [2.24, 2.45) is 0 Å². The van der Waals surface area contributed by atoms with Crippen molar-refractivity contribution in [3.8, 4) is 11.3 Å². The Hall–Kier alpha value is -2.71. The van der Waals surface area contributed by atoms with Gasteiger partial charge < -0.3 is 25.0 Å². The van der Waals surface area contributed by atoms with Gasteiger partial charge >= 0.3 is 0 Å². The number of amides is 1. The average molecular weight is 511 g/mol. The normalized spacial score (nSPS) is 24.2. The van der Waals surface area contributed by atoms with E-state index in [1.54, 1.807) is 6.33 Å². The van der Waals surface area contributed by atoms with E-state index in [9.17, 15) is 15.0 Å². The lowest BCUT2D eigenvalue weighted by atomic mass is 9.80. The number of halogens is 1. The molecule has 5 rings (SSSR count). The highest BCUT2D eigenvalue weighted by atomic mass is 35.5. The van der Waals surface area contributed by atoms with E-state index in [-0.39, 0.29) is 37.0 Å². The maximum atomic E-state index is 14.0. The summed E-state index contributed by atoms with van der Waals surface area (Å²) in [6.07, 6.45) is 5.54. The van der Waals surface area contributed by atoms with Gasteiger partial charge in [0.15, 0.2) is 5.69 Å². The summed E-state index contributed by atoms with van der Waals surface area (Å²) in [7, 11) is 0. The Bertz CT molecular complexity index is 1140. The van der Waals surface area contributed by atoms with Crippen LogP contribution in [0.1, 0.15) is 47.8 Å². The van der Waals surface area contributed by atoms with Crippen LogP contribution in [0.5, 0.6) is 0 Å². The number of benzene rings is 2. The van der Waals surface area contributed by atoms with Gasteiger partial charge in [0.2, 0.25) is 0 Å². The number of nitrogens with zero attached hydrogens (tertiary/aromatic N) is 3. The van der Waals surface area contributed by atoms with Crippen molar-refractivity contribution in [3.63, 3.8) is 0 Å². The topological polar surface area (TPSA) is 90.6 Å². The Labute approximate surface area is 218 Å². The number of rotatable bonds is 6. The van der Waals surface area contributed by atoms with Crippen molar-refractivity contribution in [2.75, 3.05) is 26.2 Å². The van der Waals surface area contributed by atoms with Gasteiger partial charge in [-0.05, 0) is 24.8 Å². The van der Waals surface area contributed by atoms with E-state index < -0.39 is 5.60 Å². The van der Waals surface area contributed by atoms with E-state index in [2.05, 4.69) is 22.4 Å². The molecule has 192 valence electrons. The zero-order valence-electron chi connectivity index (χ0n) is 20.4. The maximum Gasteiger partial charge on any atom is 0.275 e. The number of piperazine rings is 1. The van der Waals surface area contributed by atoms with E-state index >= 15 is 0 Å². The highest BCUT2D eigenvalue weighted by Crippen LogP contribution is 2.40. The zero-order valence-corrected chi connectivity index (χ0v) is 21.2. The molecule has 1 saturated carbocycles. The molecule has 1 aliphatic carbocycles. The molecule has 2 unspecified atom stereocenters. The monoisotopic (exact) mass is 510 g/mol. The first-order valence-electron chi connectivity index (χ1n) is 12.6. The summed E-state index contributed by atoms with van der Waals surface area (Å²) < 4.78 is 1.94. The van der Waals surface area contributed by atoms with Crippen molar-refractivity contribution < 1.29 is 15.0 Å². The number of hydrogen-bond donors (Lipinski definition) is 3. The SMILES string of the molecule is Cl.O=C(c1ncn(C2CCCCC2(O)CO)c1-c1ccccc1)N1CCNC[C@H]1Cc1ccccc1. The lowest BCUT2D eigenvalue weighted by molar-refractivity contribution is -0.0787. The first-order valence-corrected chi connectivity index (χ1v) is 12.6. The largest absolute Gasteiger partial charge is 0.393 e. The van der Waals surface area contributed by atoms with Gasteiger partial charge in [0.25, 0.3) is 5.91 Å². The molecular weight excluding hydrogens is 476 g/mol. The molecule has 2 heterocycles. The Morgan fingerprint density at radius 1 is 1.08 bits per heavy atom. The number of imidazole rings is 1. The van der Waals surface area contributed by atoms with E-state index in [1.165, 1.54) is 5.56 Å². The predicted molar refractivity (Wildman–Crippen MR) is 142 cm³/mol. The molecular formula is C28H35ClN4O3. The lowest BCUT2D eigenvalue weighted by Gasteiger charge is -2.40. The van der Waals surface area contributed by atoms with Gasteiger partial charge in [-0.1, -0.05) is 73.5 Å². The molecule has 0 spiro atoms. The van der Waals surface area contributed by atoms with Crippen LogP contribution in [0.25, 0.3) is 11.3 Å². The highest BCUT2D eigenvalue weighted by Gasteiger charge is 2.42. The molecule has 1 aliphatic heterocycles. The summed E-state index contributed by atoms with van der Waals surface area (Å²) >= 11 is 0. The van der Waals surface area contributed by atoms with Crippen LogP contribution in [0.4, 0.5) is 0 Å². The standard InChI is InChI=1S/C28H34N4O3.ClH/c33-19-28(35)14-8-7-13-24(28)32-20-30-25(26(32)22-11-5-2-6-12-22)27(34)31-16-15-29-18-23(31)17-21-9-3-1-4-10-21;/h1-6,9-12,20,23-24,29,33,35H,7-8,13-19H2;1H/t23-,24?,28?;/m1./s1. The molecule has 1 amide bonds. The average Bonchev–Trinajstić information content (AvgIpc) is 3.35. The summed E-state index contributed by atoms with van der Waals surface area (Å²) in [6.45, 7) is 1.77. The van der Waals surface area contributed by atoms with E-state index in [0.717, 1.165) is 44.3 Å². The van der Waals surface area contributed by atoms with Crippen LogP contribution in [0, 0.1) is 0 Å². The minimum Gasteiger partial charge on any atom is -0.393 e. The summed E-state index contributed by atoms with van der Waals surface area (Å²) in [6, 6.07) is 19.7. The van der Waals surface area contributed by atoms with Gasteiger partial charge in [-0.3, -0.25) is 4.79 Å². The Morgan fingerprint density at radius 2 is 1.81 bits per heavy atom. The number of aliphatic hydroxyl groups excluding tert-OH is 1. The van der Waals surface area contributed by atoms with Crippen molar-refractivity contribution in [1.82, 2.24) is 19.8 Å². The molecule has 2 aromatic carbocycles.